The minimum atomic E-state index is -0.968. The van der Waals surface area contributed by atoms with E-state index >= 15 is 0 Å². The molecule has 5 heteroatoms. The molecule has 1 rings (SSSR count). The second-order valence-corrected chi connectivity index (χ2v) is 7.10. The number of terminal acetylenes is 1. The maximum atomic E-state index is 13.7. The third kappa shape index (κ3) is 5.52. The van der Waals surface area contributed by atoms with Gasteiger partial charge in [0.05, 0.1) is 0 Å². The zero-order valence-electron chi connectivity index (χ0n) is 15.1. The van der Waals surface area contributed by atoms with E-state index in [9.17, 15) is 8.78 Å². The van der Waals surface area contributed by atoms with Crippen molar-refractivity contribution in [3.05, 3.63) is 29.3 Å². The normalized spacial score (nSPS) is 14.6. The standard InChI is InChI=1S/C19H27F2N3/c1-7-19(6,10-12(2)3)24-18(22)14-8-15(20)16(21)9-17(14)23-11-13(4)5/h1,8-9,12-13,23H,10-11H2,2-6H3,(H2,22,24). The molecule has 0 heterocycles. The summed E-state index contributed by atoms with van der Waals surface area (Å²) in [7, 11) is 0. The molecule has 0 radical (unpaired) electrons. The van der Waals surface area contributed by atoms with Crippen LogP contribution >= 0.6 is 0 Å². The summed E-state index contributed by atoms with van der Waals surface area (Å²) in [6.07, 6.45) is 6.25. The first-order valence-electron chi connectivity index (χ1n) is 8.14. The number of benzene rings is 1. The number of nitrogens with zero attached hydrogens (tertiary/aromatic N) is 1. The van der Waals surface area contributed by atoms with E-state index in [0.717, 1.165) is 12.1 Å². The number of hydrogen-bond donors (Lipinski definition) is 2. The van der Waals surface area contributed by atoms with E-state index in [1.807, 2.05) is 27.7 Å². The molecule has 0 aliphatic heterocycles. The van der Waals surface area contributed by atoms with Crippen LogP contribution in [0.4, 0.5) is 14.5 Å². The summed E-state index contributed by atoms with van der Waals surface area (Å²) in [4.78, 5) is 4.43. The van der Waals surface area contributed by atoms with E-state index in [-0.39, 0.29) is 5.84 Å². The van der Waals surface area contributed by atoms with Crippen molar-refractivity contribution in [2.45, 2.75) is 46.6 Å². The maximum Gasteiger partial charge on any atom is 0.160 e. The van der Waals surface area contributed by atoms with Gasteiger partial charge in [0.25, 0.3) is 0 Å². The molecule has 1 atom stereocenters. The van der Waals surface area contributed by atoms with Gasteiger partial charge < -0.3 is 11.1 Å². The number of nitrogens with two attached hydrogens (primary N) is 1. The molecule has 1 aromatic rings. The molecule has 0 fully saturated rings. The van der Waals surface area contributed by atoms with Crippen molar-refractivity contribution in [2.75, 3.05) is 11.9 Å². The first kappa shape index (κ1) is 20.0. The first-order chi connectivity index (χ1) is 11.1. The van der Waals surface area contributed by atoms with E-state index in [4.69, 9.17) is 12.2 Å². The smallest absolute Gasteiger partial charge is 0.160 e. The number of rotatable bonds is 7. The van der Waals surface area contributed by atoms with Crippen LogP contribution < -0.4 is 11.1 Å². The summed E-state index contributed by atoms with van der Waals surface area (Å²) < 4.78 is 27.3. The van der Waals surface area contributed by atoms with Crippen molar-refractivity contribution in [3.8, 4) is 12.3 Å². The van der Waals surface area contributed by atoms with Gasteiger partial charge in [-0.2, -0.15) is 0 Å². The lowest BCUT2D eigenvalue weighted by atomic mass is 9.92. The van der Waals surface area contributed by atoms with E-state index in [1.165, 1.54) is 0 Å². The molecule has 132 valence electrons. The van der Waals surface area contributed by atoms with Crippen LogP contribution in [0.5, 0.6) is 0 Å². The van der Waals surface area contributed by atoms with Gasteiger partial charge in [-0.1, -0.05) is 33.6 Å². The van der Waals surface area contributed by atoms with Crippen LogP contribution in [-0.2, 0) is 0 Å². The minimum Gasteiger partial charge on any atom is -0.384 e. The van der Waals surface area contributed by atoms with Crippen LogP contribution in [0.1, 0.15) is 46.6 Å². The molecular weight excluding hydrogens is 308 g/mol. The topological polar surface area (TPSA) is 50.4 Å². The number of aliphatic imine (C=N–C) groups is 1. The Balaban J connectivity index is 3.29. The Morgan fingerprint density at radius 2 is 1.83 bits per heavy atom. The van der Waals surface area contributed by atoms with Gasteiger partial charge in [-0.05, 0) is 31.2 Å². The van der Waals surface area contributed by atoms with E-state index in [2.05, 4.69) is 16.2 Å². The third-order valence-electron chi connectivity index (χ3n) is 3.52. The molecular formula is C19H27F2N3. The molecule has 3 N–H and O–H groups in total. The second-order valence-electron chi connectivity index (χ2n) is 7.10. The van der Waals surface area contributed by atoms with Crippen molar-refractivity contribution >= 4 is 11.5 Å². The quantitative estimate of drug-likeness (QED) is 0.446. The van der Waals surface area contributed by atoms with Crippen LogP contribution in [0.2, 0.25) is 0 Å². The molecule has 1 aromatic carbocycles. The van der Waals surface area contributed by atoms with Crippen molar-refractivity contribution in [1.29, 1.82) is 0 Å². The van der Waals surface area contributed by atoms with Crippen molar-refractivity contribution in [3.63, 3.8) is 0 Å². The van der Waals surface area contributed by atoms with Crippen LogP contribution in [0.25, 0.3) is 0 Å². The Labute approximate surface area is 143 Å². The average molecular weight is 335 g/mol. The number of nitrogens with one attached hydrogen (secondary N) is 1. The van der Waals surface area contributed by atoms with E-state index in [1.54, 1.807) is 6.92 Å². The summed E-state index contributed by atoms with van der Waals surface area (Å²) >= 11 is 0. The summed E-state index contributed by atoms with van der Waals surface area (Å²) in [5, 5.41) is 3.09. The fourth-order valence-electron chi connectivity index (χ4n) is 2.48. The predicted molar refractivity (Wildman–Crippen MR) is 97.1 cm³/mol. The lowest BCUT2D eigenvalue weighted by Crippen LogP contribution is -2.28. The molecule has 0 bridgehead atoms. The molecule has 0 aromatic heterocycles. The van der Waals surface area contributed by atoms with Gasteiger partial charge in [-0.15, -0.1) is 6.42 Å². The lowest BCUT2D eigenvalue weighted by molar-refractivity contribution is 0.454. The Bertz CT molecular complexity index is 645. The van der Waals surface area contributed by atoms with Crippen molar-refractivity contribution in [1.82, 2.24) is 0 Å². The fourth-order valence-corrected chi connectivity index (χ4v) is 2.48. The molecule has 1 unspecified atom stereocenters. The lowest BCUT2D eigenvalue weighted by Gasteiger charge is -2.22. The minimum absolute atomic E-state index is 0.0984. The number of anilines is 1. The summed E-state index contributed by atoms with van der Waals surface area (Å²) in [6.45, 7) is 10.5. The number of hydrogen-bond acceptors (Lipinski definition) is 2. The van der Waals surface area contributed by atoms with Crippen molar-refractivity contribution in [2.24, 2.45) is 22.6 Å². The molecule has 0 aliphatic rings. The SMILES string of the molecule is C#CC(C)(CC(C)C)N=C(N)c1cc(F)c(F)cc1NCC(C)C. The second kappa shape index (κ2) is 8.14. The Morgan fingerprint density at radius 3 is 2.33 bits per heavy atom. The van der Waals surface area contributed by atoms with Gasteiger partial charge in [0.15, 0.2) is 11.6 Å². The van der Waals surface area contributed by atoms with Gasteiger partial charge in [-0.25, -0.2) is 13.8 Å². The largest absolute Gasteiger partial charge is 0.384 e. The van der Waals surface area contributed by atoms with Gasteiger partial charge in [0.2, 0.25) is 0 Å². The zero-order chi connectivity index (χ0) is 18.5. The first-order valence-corrected chi connectivity index (χ1v) is 8.14. The summed E-state index contributed by atoms with van der Waals surface area (Å²) in [5.41, 5.74) is 6.02. The predicted octanol–water partition coefficient (Wildman–Crippen LogP) is 4.18. The third-order valence-corrected chi connectivity index (χ3v) is 3.52. The van der Waals surface area contributed by atoms with Gasteiger partial charge in [0, 0.05) is 23.9 Å². The highest BCUT2D eigenvalue weighted by Crippen LogP contribution is 2.24. The zero-order valence-corrected chi connectivity index (χ0v) is 15.1. The van der Waals surface area contributed by atoms with E-state index < -0.39 is 17.2 Å². The Kier molecular flexibility index (Phi) is 6.77. The Morgan fingerprint density at radius 1 is 1.25 bits per heavy atom. The fraction of sp³-hybridized carbons (Fsp3) is 0.526. The van der Waals surface area contributed by atoms with E-state index in [0.29, 0.717) is 36.1 Å². The molecule has 3 nitrogen and oxygen atoms in total. The average Bonchev–Trinajstić information content (AvgIpc) is 2.46. The van der Waals surface area contributed by atoms with Crippen molar-refractivity contribution < 1.29 is 8.78 Å². The highest BCUT2D eigenvalue weighted by molar-refractivity contribution is 6.02. The summed E-state index contributed by atoms with van der Waals surface area (Å²) in [6, 6.07) is 2.16. The van der Waals surface area contributed by atoms with Crippen LogP contribution in [0.15, 0.2) is 17.1 Å². The van der Waals surface area contributed by atoms with Gasteiger partial charge in [0.1, 0.15) is 11.4 Å². The highest BCUT2D eigenvalue weighted by Gasteiger charge is 2.23. The maximum absolute atomic E-state index is 13.7. The number of amidine groups is 1. The molecule has 0 aliphatic carbocycles. The molecule has 0 saturated carbocycles. The van der Waals surface area contributed by atoms with Gasteiger partial charge in [-0.3, -0.25) is 0 Å². The number of halogens is 2. The molecule has 24 heavy (non-hydrogen) atoms. The van der Waals surface area contributed by atoms with Crippen LogP contribution in [0, 0.1) is 35.8 Å². The highest BCUT2D eigenvalue weighted by atomic mass is 19.2. The molecule has 0 saturated heterocycles. The Hall–Kier alpha value is -2.09. The molecule has 0 amide bonds. The summed E-state index contributed by atoms with van der Waals surface area (Å²) in [5.74, 6) is 1.51. The van der Waals surface area contributed by atoms with Gasteiger partial charge >= 0.3 is 0 Å². The monoisotopic (exact) mass is 335 g/mol. The van der Waals surface area contributed by atoms with Crippen LogP contribution in [-0.4, -0.2) is 17.9 Å². The van der Waals surface area contributed by atoms with Crippen LogP contribution in [0.3, 0.4) is 0 Å². The molecule has 0 spiro atoms.